The van der Waals surface area contributed by atoms with E-state index in [1.54, 1.807) is 78.0 Å². The smallest absolute Gasteiger partial charge is 0.410 e. The van der Waals surface area contributed by atoms with Crippen LogP contribution in [0.4, 0.5) is 37.2 Å². The van der Waals surface area contributed by atoms with E-state index in [1.165, 1.54) is 46.2 Å². The Morgan fingerprint density at radius 1 is 0.628 bits per heavy atom. The van der Waals surface area contributed by atoms with Crippen LogP contribution in [0.15, 0.2) is 89.9 Å². The average Bonchev–Trinajstić information content (AvgIpc) is 1.58. The number of halogens is 5. The van der Waals surface area contributed by atoms with E-state index in [0.717, 1.165) is 31.1 Å². The maximum atomic E-state index is 14.6. The average molecular weight is 1630 g/mol. The number of carbonyl (C=O) groups is 10. The Morgan fingerprint density at radius 2 is 1.10 bits per heavy atom. The molecule has 0 aromatic heterocycles. The lowest BCUT2D eigenvalue weighted by molar-refractivity contribution is -0.387. The third-order valence-electron chi connectivity index (χ3n) is 21.2. The molecule has 0 bridgehead atoms. The van der Waals surface area contributed by atoms with Crippen LogP contribution in [0.1, 0.15) is 141 Å². The molecule has 38 heteroatoms. The minimum Gasteiger partial charge on any atom is -0.479 e. The first-order chi connectivity index (χ1) is 52.9. The Labute approximate surface area is 648 Å². The monoisotopic (exact) mass is 1630 g/mol. The Morgan fingerprint density at radius 3 is 1.57 bits per heavy atom. The molecule has 0 unspecified atom stereocenters. The van der Waals surface area contributed by atoms with Crippen LogP contribution >= 0.6 is 0 Å². The van der Waals surface area contributed by atoms with Gasteiger partial charge in [0.15, 0.2) is 4.90 Å². The first kappa shape index (κ1) is 84.2. The van der Waals surface area contributed by atoms with Crippen molar-refractivity contribution in [2.24, 2.45) is 23.7 Å². The molecule has 31 nitrogen and oxygen atoms in total. The van der Waals surface area contributed by atoms with E-state index in [9.17, 15) is 102 Å². The van der Waals surface area contributed by atoms with Gasteiger partial charge in [0.2, 0.25) is 43.7 Å². The number of para-hydroxylation sites is 1. The molecule has 0 radical (unpaired) electrons. The van der Waals surface area contributed by atoms with Crippen molar-refractivity contribution in [3.05, 3.63) is 129 Å². The number of alkyl halides is 3. The molecule has 3 aromatic rings. The van der Waals surface area contributed by atoms with Crippen LogP contribution in [0.2, 0.25) is 0 Å². The van der Waals surface area contributed by atoms with Crippen LogP contribution in [0.5, 0.6) is 0 Å². The van der Waals surface area contributed by atoms with Crippen LogP contribution in [-0.2, 0) is 104 Å². The zero-order valence-electron chi connectivity index (χ0n) is 63.0. The first-order valence-electron chi connectivity index (χ1n) is 37.2. The van der Waals surface area contributed by atoms with Gasteiger partial charge in [0.1, 0.15) is 58.2 Å². The predicted molar refractivity (Wildman–Crippen MR) is 387 cm³/mol. The molecule has 6 heterocycles. The summed E-state index contributed by atoms with van der Waals surface area (Å²) in [7, 11) is -8.63. The Bertz CT molecular complexity index is 4570. The van der Waals surface area contributed by atoms with Gasteiger partial charge in [-0.05, 0) is 129 Å². The number of sulfonamides is 2. The maximum Gasteiger partial charge on any atom is 0.410 e. The number of ether oxygens (including phenoxy) is 4. The van der Waals surface area contributed by atoms with E-state index in [0.29, 0.717) is 35.1 Å². The summed E-state index contributed by atoms with van der Waals surface area (Å²) in [4.78, 5) is 153. The zero-order chi connectivity index (χ0) is 82.2. The summed E-state index contributed by atoms with van der Waals surface area (Å²) in [6.07, 6.45) is -3.51. The molecule has 113 heavy (non-hydrogen) atoms. The Balaban J connectivity index is 0.000000223. The number of carboxylic acid groups (broad SMARTS) is 1. The van der Waals surface area contributed by atoms with E-state index in [2.05, 4.69) is 15.4 Å². The minimum absolute atomic E-state index is 0.00474. The van der Waals surface area contributed by atoms with Gasteiger partial charge < -0.3 is 44.5 Å². The number of benzene rings is 3. The third-order valence-corrected chi connectivity index (χ3v) is 24.9. The largest absolute Gasteiger partial charge is 0.479 e. The minimum atomic E-state index is -4.59. The maximum absolute atomic E-state index is 14.6. The second kappa shape index (κ2) is 33.0. The summed E-state index contributed by atoms with van der Waals surface area (Å²) in [5, 5.41) is 26.6. The number of nitro benzene ring substituents is 1. The van der Waals surface area contributed by atoms with Crippen LogP contribution in [0.25, 0.3) is 0 Å². The number of nitrogens with one attached hydrogen (secondary N) is 3. The molecule has 2 saturated heterocycles. The lowest BCUT2D eigenvalue weighted by Gasteiger charge is -2.31. The van der Waals surface area contributed by atoms with E-state index in [1.807, 2.05) is 0 Å². The second-order valence-electron chi connectivity index (χ2n) is 32.0. The second-order valence-corrected chi connectivity index (χ2v) is 35.9. The Hall–Kier alpha value is -9.69. The highest BCUT2D eigenvalue weighted by Crippen LogP contribution is 2.48. The molecule has 10 atom stereocenters. The van der Waals surface area contributed by atoms with Crippen molar-refractivity contribution in [1.29, 1.82) is 0 Å². The number of amides is 7. The van der Waals surface area contributed by atoms with Crippen molar-refractivity contribution < 1.29 is 116 Å². The molecule has 7 amide bonds. The van der Waals surface area contributed by atoms with E-state index in [-0.39, 0.29) is 117 Å². The van der Waals surface area contributed by atoms with Gasteiger partial charge >= 0.3 is 36.3 Å². The number of aliphatic carboxylic acids is 1. The van der Waals surface area contributed by atoms with Gasteiger partial charge in [0.05, 0.1) is 55.7 Å². The number of hydrogen-bond donors (Lipinski definition) is 4. The topological polar surface area (TPSA) is 395 Å². The fraction of sp³-hybridized carbons (Fsp3) is 0.573. The Kier molecular flexibility index (Phi) is 24.6. The van der Waals surface area contributed by atoms with Crippen molar-refractivity contribution in [2.75, 3.05) is 45.8 Å². The van der Waals surface area contributed by atoms with Gasteiger partial charge in [-0.15, -0.1) is 0 Å². The fourth-order valence-electron chi connectivity index (χ4n) is 15.2. The fourth-order valence-corrected chi connectivity index (χ4v) is 18.2. The highest BCUT2D eigenvalue weighted by molar-refractivity contribution is 7.91. The predicted octanol–water partition coefficient (Wildman–Crippen LogP) is 6.80. The molecule has 3 saturated carbocycles. The van der Waals surface area contributed by atoms with E-state index in [4.69, 9.17) is 18.9 Å². The van der Waals surface area contributed by atoms with Gasteiger partial charge in [0.25, 0.3) is 11.6 Å². The van der Waals surface area contributed by atoms with Crippen LogP contribution in [0, 0.1) is 45.4 Å². The van der Waals surface area contributed by atoms with Crippen molar-refractivity contribution in [1.82, 2.24) is 44.2 Å². The molecule has 3 aliphatic carbocycles. The molecule has 5 fully saturated rings. The summed E-state index contributed by atoms with van der Waals surface area (Å²) >= 11 is 0. The number of nitrogens with zero attached hydrogens (tertiary/aromatic N) is 7. The van der Waals surface area contributed by atoms with Gasteiger partial charge in [-0.25, -0.2) is 40.0 Å². The molecule has 12 rings (SSSR count). The first-order valence-corrected chi connectivity index (χ1v) is 40.2. The van der Waals surface area contributed by atoms with Crippen molar-refractivity contribution in [2.45, 2.75) is 208 Å². The number of hydrogen-bond acceptors (Lipinski definition) is 21. The lowest BCUT2D eigenvalue weighted by Crippen LogP contribution is -2.57. The van der Waals surface area contributed by atoms with Gasteiger partial charge in [-0.2, -0.15) is 17.5 Å². The molecule has 614 valence electrons. The molecule has 3 aromatic carbocycles. The summed E-state index contributed by atoms with van der Waals surface area (Å²) in [6, 6.07) is 11.0. The SMILES string of the molecule is CC(C)(C)OC(=O)C[C@H]1CCN(CC(F)(F)F)CC/C=C\[C@@H]2C[C@@]2(C(=O)NS(=O)(=O)C2CC2)NC(=O)[C@@H]2C[C@@H](OC(=O)N3Cc4cccc(F)c4C3)CN2C1=O.CC(C)(C)OC(=O)C[C@H]1CCN(S(=O)(=O)c2ccccc2[N+](=O)[O-])CC/C=C\[C@@H]2C[C@@]2(C(=O)O)NC(=O)[C@@H]2C[C@@H](OC(=O)N3Cc4cccc(F)c4C3)CN2C1=O. The van der Waals surface area contributed by atoms with E-state index >= 15 is 0 Å². The molecule has 6 aliphatic heterocycles. The van der Waals surface area contributed by atoms with Crippen molar-refractivity contribution in [3.63, 3.8) is 0 Å². The lowest BCUT2D eigenvalue weighted by atomic mass is 9.98. The van der Waals surface area contributed by atoms with Gasteiger partial charge in [-0.1, -0.05) is 60.7 Å². The number of nitro groups is 1. The molecule has 9 aliphatic rings. The molecule has 0 spiro atoms. The quantitative estimate of drug-likeness (QED) is 0.0322. The summed E-state index contributed by atoms with van der Waals surface area (Å²) in [5.41, 5.74) is -4.25. The van der Waals surface area contributed by atoms with Crippen LogP contribution < -0.4 is 15.4 Å². The number of fused-ring (bicyclic) bond motifs is 6. The molecular formula is C75H91F5N10O21S2. The van der Waals surface area contributed by atoms with Crippen LogP contribution in [-0.4, -0.2) is 219 Å². The standard InChI is InChI=1S/C38H44FN5O12S.C37H47F4N5O9S/c1-37(2,3)56-32(45)17-23-14-16-42(57(53,54)31-13-5-4-12-29(31)44(51)52)15-7-6-10-25-19-38(25,35(48)49)40-33(46)30-18-26(21-43(30)34(23)47)55-36(50)41-20-24-9-8-11-28(39)27(24)22-41;1-35(2,3)55-30(47)15-22-12-14-44(21-37(39,40)41)13-5-4-8-24-17-36(24,33(50)43-56(52,53)26-10-11-26)42-31(48)29-16-25(19-46(29)32(22)49)54-34(51)45-18-23-7-6-9-28(38)27(23)20-45/h4-6,8-13,23,25-26,30H,7,14-22H2,1-3H3,(H,40,46)(H,48,49);4,6-9,22,24-26,29H,5,10-21H2,1-3H3,(H,42,48)(H,43,50)/b10-6-;8-4-/t23-,25-,26-,30+,38-;22-,24-,25-,29+,36-/m11/s1. The summed E-state index contributed by atoms with van der Waals surface area (Å²) < 4.78 is 149. The number of esters is 2. The normalized spacial score (nSPS) is 27.2. The van der Waals surface area contributed by atoms with Crippen LogP contribution in [0.3, 0.4) is 0 Å². The molecular weight excluding hydrogens is 1540 g/mol. The number of rotatable bonds is 14. The third kappa shape index (κ3) is 20.1. The molecule has 4 N–H and O–H groups in total. The van der Waals surface area contributed by atoms with Gasteiger partial charge in [-0.3, -0.25) is 63.1 Å². The van der Waals surface area contributed by atoms with Gasteiger partial charge in [0, 0.05) is 86.4 Å². The summed E-state index contributed by atoms with van der Waals surface area (Å²) in [6.45, 7) is 6.67. The summed E-state index contributed by atoms with van der Waals surface area (Å²) in [5.74, 6) is -12.2. The number of carbonyl (C=O) groups excluding carboxylic acids is 9. The van der Waals surface area contributed by atoms with Crippen molar-refractivity contribution >= 4 is 85.4 Å². The zero-order valence-corrected chi connectivity index (χ0v) is 64.6. The van der Waals surface area contributed by atoms with E-state index < -0.39 is 208 Å². The highest BCUT2D eigenvalue weighted by Gasteiger charge is 2.64. The number of carboxylic acids is 1. The highest BCUT2D eigenvalue weighted by atomic mass is 32.2. The van der Waals surface area contributed by atoms with Crippen molar-refractivity contribution in [3.8, 4) is 0 Å².